The van der Waals surface area contributed by atoms with Crippen LogP contribution in [-0.2, 0) is 14.4 Å². The van der Waals surface area contributed by atoms with Gasteiger partial charge in [-0.15, -0.1) is 11.3 Å². The van der Waals surface area contributed by atoms with Crippen molar-refractivity contribution in [3.63, 3.8) is 0 Å². The van der Waals surface area contributed by atoms with E-state index in [1.54, 1.807) is 11.3 Å². The summed E-state index contributed by atoms with van der Waals surface area (Å²) in [6.07, 6.45) is 4.56. The Bertz CT molecular complexity index is 1800. The fraction of sp³-hybridized carbons (Fsp3) is 0.568. The van der Waals surface area contributed by atoms with E-state index >= 15 is 0 Å². The Hall–Kier alpha value is -4.37. The Kier molecular flexibility index (Phi) is 16.2. The SMILES string of the molecule is CCNNC(=O)c1ccc(N2CCN(CCCCCCCC(=O)N[C@H](C(=O)N3C[C@H](O)C[C@H]3C(=O)N[C@@H](C)c3ccc(-c4scnc4C)cc3)C(C)(C)C)CC2)cc1. The molecule has 4 amide bonds. The number of amides is 4. The zero-order valence-corrected chi connectivity index (χ0v) is 36.0. The summed E-state index contributed by atoms with van der Waals surface area (Å²) in [4.78, 5) is 64.8. The minimum atomic E-state index is -0.838. The molecular weight excluding hydrogens is 753 g/mol. The van der Waals surface area contributed by atoms with Crippen LogP contribution >= 0.6 is 11.3 Å². The van der Waals surface area contributed by atoms with Gasteiger partial charge in [0.05, 0.1) is 28.2 Å². The van der Waals surface area contributed by atoms with Crippen molar-refractivity contribution in [3.8, 4) is 10.4 Å². The highest BCUT2D eigenvalue weighted by Crippen LogP contribution is 2.30. The van der Waals surface area contributed by atoms with Crippen molar-refractivity contribution in [2.75, 3.05) is 50.7 Å². The second kappa shape index (κ2) is 21.1. The standard InChI is InChI=1S/C44H64N8O5S/c1-7-46-49-41(55)34-18-20-35(21-19-34)51-25-23-50(24-26-51)22-12-10-8-9-11-13-38(54)48-40(44(4,5)6)43(57)52-28-36(53)27-37(52)42(56)47-30(2)32-14-16-33(17-15-32)39-31(3)45-29-58-39/h14-21,29-30,36-37,40,46,53H,7-13,22-28H2,1-6H3,(H,47,56)(H,48,54)(H,49,55)/t30-,36+,37-,40+/m0/s1. The molecule has 5 N–H and O–H groups in total. The van der Waals surface area contributed by atoms with E-state index in [9.17, 15) is 24.3 Å². The molecule has 2 aliphatic rings. The number of benzene rings is 2. The van der Waals surface area contributed by atoms with Gasteiger partial charge in [-0.2, -0.15) is 0 Å². The van der Waals surface area contributed by atoms with E-state index in [0.29, 0.717) is 18.5 Å². The highest BCUT2D eigenvalue weighted by Gasteiger charge is 2.44. The number of hydrazine groups is 1. The maximum absolute atomic E-state index is 14.0. The highest BCUT2D eigenvalue weighted by molar-refractivity contribution is 7.13. The van der Waals surface area contributed by atoms with Gasteiger partial charge in [0.1, 0.15) is 12.1 Å². The summed E-state index contributed by atoms with van der Waals surface area (Å²) in [5.74, 6) is -0.982. The number of aliphatic hydroxyl groups is 1. The topological polar surface area (TPSA) is 159 Å². The first-order valence-electron chi connectivity index (χ1n) is 20.9. The Morgan fingerprint density at radius 1 is 0.914 bits per heavy atom. The van der Waals surface area contributed by atoms with Crippen LogP contribution in [-0.4, -0.2) is 108 Å². The van der Waals surface area contributed by atoms with Gasteiger partial charge in [0.25, 0.3) is 5.91 Å². The number of piperazine rings is 1. The van der Waals surface area contributed by atoms with E-state index in [1.807, 2.05) is 95.6 Å². The third kappa shape index (κ3) is 12.3. The number of carbonyl (C=O) groups is 4. The predicted octanol–water partition coefficient (Wildman–Crippen LogP) is 5.21. The maximum atomic E-state index is 14.0. The lowest BCUT2D eigenvalue weighted by Crippen LogP contribution is -2.57. The quantitative estimate of drug-likeness (QED) is 0.0860. The largest absolute Gasteiger partial charge is 0.391 e. The molecule has 3 aromatic rings. The molecule has 58 heavy (non-hydrogen) atoms. The zero-order chi connectivity index (χ0) is 41.8. The number of nitrogens with zero attached hydrogens (tertiary/aromatic N) is 4. The molecule has 3 heterocycles. The molecular formula is C44H64N8O5S. The second-order valence-electron chi connectivity index (χ2n) is 16.8. The van der Waals surface area contributed by atoms with Crippen molar-refractivity contribution < 1.29 is 24.3 Å². The molecule has 0 bridgehead atoms. The van der Waals surface area contributed by atoms with Gasteiger partial charge >= 0.3 is 0 Å². The zero-order valence-electron chi connectivity index (χ0n) is 35.2. The number of β-amino-alcohol motifs (C(OH)–C–C–N with tert-alkyl or cyclic N) is 1. The highest BCUT2D eigenvalue weighted by atomic mass is 32.1. The molecule has 2 fully saturated rings. The first kappa shape index (κ1) is 44.7. The third-order valence-corrected chi connectivity index (χ3v) is 12.2. The fourth-order valence-electron chi connectivity index (χ4n) is 7.69. The summed E-state index contributed by atoms with van der Waals surface area (Å²) < 4.78 is 0. The van der Waals surface area contributed by atoms with Crippen LogP contribution in [0.4, 0.5) is 5.69 Å². The van der Waals surface area contributed by atoms with Crippen LogP contribution in [0.25, 0.3) is 10.4 Å². The minimum absolute atomic E-state index is 0.0406. The molecule has 0 saturated carbocycles. The first-order chi connectivity index (χ1) is 27.7. The maximum Gasteiger partial charge on any atom is 0.265 e. The molecule has 4 atom stereocenters. The molecule has 0 radical (unpaired) electrons. The number of nitrogens with one attached hydrogen (secondary N) is 4. The molecule has 0 spiro atoms. The lowest BCUT2D eigenvalue weighted by molar-refractivity contribution is -0.144. The molecule has 2 aromatic carbocycles. The van der Waals surface area contributed by atoms with Crippen molar-refractivity contribution in [2.24, 2.45) is 5.41 Å². The number of likely N-dealkylation sites (tertiary alicyclic amines) is 1. The van der Waals surface area contributed by atoms with E-state index in [0.717, 1.165) is 92.2 Å². The van der Waals surface area contributed by atoms with Gasteiger partial charge < -0.3 is 25.5 Å². The van der Waals surface area contributed by atoms with E-state index in [-0.39, 0.29) is 42.6 Å². The van der Waals surface area contributed by atoms with Crippen molar-refractivity contribution >= 4 is 40.7 Å². The molecule has 316 valence electrons. The number of carbonyl (C=O) groups excluding carboxylic acids is 4. The average molecular weight is 817 g/mol. The molecule has 1 aromatic heterocycles. The van der Waals surface area contributed by atoms with Crippen LogP contribution < -0.4 is 26.4 Å². The number of aliphatic hydroxyl groups excluding tert-OH is 1. The van der Waals surface area contributed by atoms with Crippen molar-refractivity contribution in [3.05, 3.63) is 70.9 Å². The number of unbranched alkanes of at least 4 members (excludes halogenated alkanes) is 4. The number of hydrogen-bond donors (Lipinski definition) is 5. The Balaban J connectivity index is 1.00. The van der Waals surface area contributed by atoms with Gasteiger partial charge in [-0.3, -0.25) is 29.5 Å². The number of anilines is 1. The number of rotatable bonds is 18. The molecule has 0 aliphatic carbocycles. The number of aryl methyl sites for hydroxylation is 1. The van der Waals surface area contributed by atoms with Gasteiger partial charge in [0, 0.05) is 63.4 Å². The normalized spacial score (nSPS) is 18.5. The summed E-state index contributed by atoms with van der Waals surface area (Å²) in [6.45, 7) is 17.2. The predicted molar refractivity (Wildman–Crippen MR) is 230 cm³/mol. The minimum Gasteiger partial charge on any atom is -0.391 e. The third-order valence-electron chi connectivity index (χ3n) is 11.2. The smallest absolute Gasteiger partial charge is 0.265 e. The van der Waals surface area contributed by atoms with Gasteiger partial charge in [0.2, 0.25) is 17.7 Å². The molecule has 14 heteroatoms. The van der Waals surface area contributed by atoms with Crippen LogP contribution in [0, 0.1) is 12.3 Å². The summed E-state index contributed by atoms with van der Waals surface area (Å²) in [5, 5.41) is 16.7. The average Bonchev–Trinajstić information content (AvgIpc) is 3.83. The van der Waals surface area contributed by atoms with Crippen molar-refractivity contribution in [1.29, 1.82) is 0 Å². The van der Waals surface area contributed by atoms with Crippen LogP contribution in [0.15, 0.2) is 54.0 Å². The van der Waals surface area contributed by atoms with E-state index in [2.05, 4.69) is 36.3 Å². The number of thiazole rings is 1. The summed E-state index contributed by atoms with van der Waals surface area (Å²) in [6, 6.07) is 13.8. The second-order valence-corrected chi connectivity index (χ2v) is 17.6. The van der Waals surface area contributed by atoms with E-state index < -0.39 is 23.6 Å². The molecule has 2 aliphatic heterocycles. The number of hydrogen-bond acceptors (Lipinski definition) is 10. The van der Waals surface area contributed by atoms with E-state index in [1.165, 1.54) is 4.90 Å². The van der Waals surface area contributed by atoms with E-state index in [4.69, 9.17) is 0 Å². The Labute approximate surface area is 348 Å². The number of aromatic nitrogens is 1. The van der Waals surface area contributed by atoms with Crippen LogP contribution in [0.2, 0.25) is 0 Å². The first-order valence-corrected chi connectivity index (χ1v) is 21.8. The Morgan fingerprint density at radius 2 is 1.59 bits per heavy atom. The van der Waals surface area contributed by atoms with Gasteiger partial charge in [-0.1, -0.05) is 71.2 Å². The molecule has 2 saturated heterocycles. The molecule has 0 unspecified atom stereocenters. The van der Waals surface area contributed by atoms with Gasteiger partial charge in [0.15, 0.2) is 0 Å². The Morgan fingerprint density at radius 3 is 2.22 bits per heavy atom. The lowest BCUT2D eigenvalue weighted by atomic mass is 9.85. The molecule has 5 rings (SSSR count). The summed E-state index contributed by atoms with van der Waals surface area (Å²) in [5.41, 5.74) is 11.5. The van der Waals surface area contributed by atoms with Gasteiger partial charge in [-0.25, -0.2) is 10.4 Å². The fourth-order valence-corrected chi connectivity index (χ4v) is 8.51. The monoisotopic (exact) mass is 816 g/mol. The lowest BCUT2D eigenvalue weighted by Gasteiger charge is -2.36. The van der Waals surface area contributed by atoms with Crippen LogP contribution in [0.3, 0.4) is 0 Å². The van der Waals surface area contributed by atoms with Crippen molar-refractivity contribution in [2.45, 2.75) is 111 Å². The van der Waals surface area contributed by atoms with Crippen LogP contribution in [0.5, 0.6) is 0 Å². The van der Waals surface area contributed by atoms with Gasteiger partial charge in [-0.05, 0) is 74.0 Å². The summed E-state index contributed by atoms with van der Waals surface area (Å²) in [7, 11) is 0. The van der Waals surface area contributed by atoms with Crippen molar-refractivity contribution in [1.82, 2.24) is 36.3 Å². The molecule has 13 nitrogen and oxygen atoms in total. The summed E-state index contributed by atoms with van der Waals surface area (Å²) >= 11 is 1.59. The van der Waals surface area contributed by atoms with Crippen LogP contribution in [0.1, 0.15) is 107 Å².